The highest BCUT2D eigenvalue weighted by molar-refractivity contribution is 5.94. The van der Waals surface area contributed by atoms with Crippen molar-refractivity contribution >= 4 is 12.0 Å². The minimum Gasteiger partial charge on any atom is -0.530 e. The molecule has 1 aromatic carbocycles. The predicted octanol–water partition coefficient (Wildman–Crippen LogP) is -0.166. The normalized spacial score (nSPS) is 19.1. The molecule has 1 unspecified atom stereocenters. The van der Waals surface area contributed by atoms with E-state index in [1.54, 1.807) is 24.3 Å². The molecule has 1 aromatic rings. The minimum absolute atomic E-state index is 0.124. The summed E-state index contributed by atoms with van der Waals surface area (Å²) in [5.41, 5.74) is 0.583. The van der Waals surface area contributed by atoms with Crippen molar-refractivity contribution in [2.45, 2.75) is 12.5 Å². The van der Waals surface area contributed by atoms with E-state index >= 15 is 0 Å². The Kier molecular flexibility index (Phi) is 3.27. The van der Waals surface area contributed by atoms with Crippen LogP contribution in [0, 0.1) is 0 Å². The van der Waals surface area contributed by atoms with Gasteiger partial charge in [-0.3, -0.25) is 4.79 Å². The van der Waals surface area contributed by atoms with E-state index in [1.165, 1.54) is 4.90 Å². The summed E-state index contributed by atoms with van der Waals surface area (Å²) in [5.74, 6) is -0.171. The molecule has 0 bridgehead atoms. The first-order valence-electron chi connectivity index (χ1n) is 5.48. The SMILES string of the molecule is O=C(NC1CCN(C(=O)[O-])C1)c1ccccc1. The number of hydrogen-bond donors (Lipinski definition) is 1. The molecule has 2 rings (SSSR count). The maximum atomic E-state index is 11.8. The quantitative estimate of drug-likeness (QED) is 0.771. The number of amides is 2. The van der Waals surface area contributed by atoms with Crippen LogP contribution in [0.1, 0.15) is 16.8 Å². The van der Waals surface area contributed by atoms with Crippen LogP contribution in [0.2, 0.25) is 0 Å². The van der Waals surface area contributed by atoms with Gasteiger partial charge in [0.15, 0.2) is 0 Å². The lowest BCUT2D eigenvalue weighted by Crippen LogP contribution is -2.43. The molecule has 5 heteroatoms. The van der Waals surface area contributed by atoms with Gasteiger partial charge in [0.05, 0.1) is 0 Å². The summed E-state index contributed by atoms with van der Waals surface area (Å²) >= 11 is 0. The van der Waals surface area contributed by atoms with Gasteiger partial charge in [-0.05, 0) is 18.6 Å². The summed E-state index contributed by atoms with van der Waals surface area (Å²) < 4.78 is 0. The monoisotopic (exact) mass is 233 g/mol. The minimum atomic E-state index is -1.18. The van der Waals surface area contributed by atoms with Gasteiger partial charge in [-0.2, -0.15) is 0 Å². The average Bonchev–Trinajstić information content (AvgIpc) is 2.79. The van der Waals surface area contributed by atoms with Crippen LogP contribution in [-0.2, 0) is 0 Å². The standard InChI is InChI=1S/C12H14N2O3/c15-11(9-4-2-1-3-5-9)13-10-6-7-14(8-10)12(16)17/h1-5,10H,6-8H2,(H,13,15)(H,16,17)/p-1. The fourth-order valence-electron chi connectivity index (χ4n) is 1.90. The van der Waals surface area contributed by atoms with E-state index in [0.717, 1.165) is 0 Å². The highest BCUT2D eigenvalue weighted by Gasteiger charge is 2.23. The lowest BCUT2D eigenvalue weighted by atomic mass is 10.2. The third kappa shape index (κ3) is 2.75. The van der Waals surface area contributed by atoms with Crippen molar-refractivity contribution in [3.05, 3.63) is 35.9 Å². The molecule has 0 saturated carbocycles. The van der Waals surface area contributed by atoms with Crippen LogP contribution >= 0.6 is 0 Å². The lowest BCUT2D eigenvalue weighted by molar-refractivity contribution is -0.264. The smallest absolute Gasteiger partial charge is 0.251 e. The molecule has 5 nitrogen and oxygen atoms in total. The summed E-state index contributed by atoms with van der Waals surface area (Å²) in [7, 11) is 0. The van der Waals surface area contributed by atoms with Gasteiger partial charge in [0.2, 0.25) is 0 Å². The molecule has 1 atom stereocenters. The highest BCUT2D eigenvalue weighted by atomic mass is 16.4. The Bertz CT molecular complexity index is 419. The first-order valence-corrected chi connectivity index (χ1v) is 5.48. The van der Waals surface area contributed by atoms with Crippen molar-refractivity contribution in [3.63, 3.8) is 0 Å². The molecule has 0 aromatic heterocycles. The Morgan fingerprint density at radius 2 is 2.00 bits per heavy atom. The molecule has 0 aliphatic carbocycles. The topological polar surface area (TPSA) is 72.5 Å². The summed E-state index contributed by atoms with van der Waals surface area (Å²) in [6.07, 6.45) is -0.548. The van der Waals surface area contributed by atoms with Gasteiger partial charge in [0.25, 0.3) is 5.91 Å². The van der Waals surface area contributed by atoms with E-state index in [0.29, 0.717) is 25.1 Å². The van der Waals surface area contributed by atoms with Gasteiger partial charge in [-0.25, -0.2) is 0 Å². The van der Waals surface area contributed by atoms with Crippen LogP contribution in [0.4, 0.5) is 4.79 Å². The maximum absolute atomic E-state index is 11.8. The molecular weight excluding hydrogens is 220 g/mol. The molecule has 1 fully saturated rings. The number of nitrogens with one attached hydrogen (secondary N) is 1. The van der Waals surface area contributed by atoms with Crippen molar-refractivity contribution in [1.82, 2.24) is 10.2 Å². The fourth-order valence-corrected chi connectivity index (χ4v) is 1.90. The zero-order valence-electron chi connectivity index (χ0n) is 9.26. The molecule has 1 N–H and O–H groups in total. The second kappa shape index (κ2) is 4.86. The van der Waals surface area contributed by atoms with E-state index < -0.39 is 6.09 Å². The fraction of sp³-hybridized carbons (Fsp3) is 0.333. The molecular formula is C12H13N2O3-. The third-order valence-corrected chi connectivity index (χ3v) is 2.82. The van der Waals surface area contributed by atoms with Gasteiger partial charge in [0, 0.05) is 24.7 Å². The molecule has 1 heterocycles. The number of carbonyl (C=O) groups excluding carboxylic acids is 2. The van der Waals surface area contributed by atoms with Crippen molar-refractivity contribution in [3.8, 4) is 0 Å². The first kappa shape index (κ1) is 11.4. The van der Waals surface area contributed by atoms with Crippen LogP contribution < -0.4 is 10.4 Å². The van der Waals surface area contributed by atoms with E-state index in [9.17, 15) is 14.7 Å². The van der Waals surface area contributed by atoms with Gasteiger partial charge < -0.3 is 20.1 Å². The summed E-state index contributed by atoms with van der Waals surface area (Å²) in [6, 6.07) is 8.74. The molecule has 1 aliphatic rings. The van der Waals surface area contributed by atoms with Crippen LogP contribution in [-0.4, -0.2) is 36.0 Å². The van der Waals surface area contributed by atoms with Crippen molar-refractivity contribution in [2.24, 2.45) is 0 Å². The number of hydrogen-bond acceptors (Lipinski definition) is 3. The van der Waals surface area contributed by atoms with E-state index in [2.05, 4.69) is 5.32 Å². The number of carbonyl (C=O) groups is 2. The molecule has 0 spiro atoms. The van der Waals surface area contributed by atoms with E-state index in [1.807, 2.05) is 6.07 Å². The molecule has 17 heavy (non-hydrogen) atoms. The summed E-state index contributed by atoms with van der Waals surface area (Å²) in [5, 5.41) is 13.4. The molecule has 90 valence electrons. The second-order valence-corrected chi connectivity index (χ2v) is 4.04. The molecule has 0 radical (unpaired) electrons. The zero-order chi connectivity index (χ0) is 12.3. The molecule has 2 amide bonds. The number of benzene rings is 1. The second-order valence-electron chi connectivity index (χ2n) is 4.04. The Balaban J connectivity index is 1.91. The number of likely N-dealkylation sites (tertiary alicyclic amines) is 1. The predicted molar refractivity (Wildman–Crippen MR) is 59.3 cm³/mol. The average molecular weight is 233 g/mol. The van der Waals surface area contributed by atoms with Crippen molar-refractivity contribution < 1.29 is 14.7 Å². The van der Waals surface area contributed by atoms with E-state index in [-0.39, 0.29) is 11.9 Å². The number of carboxylic acid groups (broad SMARTS) is 1. The van der Waals surface area contributed by atoms with Crippen LogP contribution in [0.25, 0.3) is 0 Å². The first-order chi connectivity index (χ1) is 8.16. The third-order valence-electron chi connectivity index (χ3n) is 2.82. The van der Waals surface area contributed by atoms with Crippen molar-refractivity contribution in [1.29, 1.82) is 0 Å². The molecule has 1 aliphatic heterocycles. The lowest BCUT2D eigenvalue weighted by Gasteiger charge is -2.18. The van der Waals surface area contributed by atoms with Gasteiger partial charge >= 0.3 is 0 Å². The molecule has 1 saturated heterocycles. The van der Waals surface area contributed by atoms with E-state index in [4.69, 9.17) is 0 Å². The Morgan fingerprint density at radius 3 is 2.59 bits per heavy atom. The Morgan fingerprint density at radius 1 is 1.29 bits per heavy atom. The van der Waals surface area contributed by atoms with Crippen LogP contribution in [0.3, 0.4) is 0 Å². The number of nitrogens with zero attached hydrogens (tertiary/aromatic N) is 1. The highest BCUT2D eigenvalue weighted by Crippen LogP contribution is 2.09. The largest absolute Gasteiger partial charge is 0.530 e. The van der Waals surface area contributed by atoms with Gasteiger partial charge in [-0.1, -0.05) is 18.2 Å². The van der Waals surface area contributed by atoms with Crippen molar-refractivity contribution in [2.75, 3.05) is 13.1 Å². The van der Waals surface area contributed by atoms with Crippen LogP contribution in [0.15, 0.2) is 30.3 Å². The summed E-state index contributed by atoms with van der Waals surface area (Å²) in [6.45, 7) is 0.725. The van der Waals surface area contributed by atoms with Gasteiger partial charge in [0.1, 0.15) is 6.09 Å². The summed E-state index contributed by atoms with van der Waals surface area (Å²) in [4.78, 5) is 23.6. The zero-order valence-corrected chi connectivity index (χ0v) is 9.26. The maximum Gasteiger partial charge on any atom is 0.251 e. The van der Waals surface area contributed by atoms with Gasteiger partial charge in [-0.15, -0.1) is 0 Å². The number of rotatable bonds is 2. The Labute approximate surface area is 99.0 Å². The Hall–Kier alpha value is -2.04. The van der Waals surface area contributed by atoms with Crippen LogP contribution in [0.5, 0.6) is 0 Å².